The summed E-state index contributed by atoms with van der Waals surface area (Å²) in [6, 6.07) is 8.60. The Labute approximate surface area is 143 Å². The van der Waals surface area contributed by atoms with Crippen molar-refractivity contribution in [3.05, 3.63) is 36.6 Å². The summed E-state index contributed by atoms with van der Waals surface area (Å²) in [5, 5.41) is 5.65. The van der Waals surface area contributed by atoms with Crippen molar-refractivity contribution in [2.45, 2.75) is 31.7 Å². The van der Waals surface area contributed by atoms with Crippen LogP contribution < -0.4 is 10.6 Å². The van der Waals surface area contributed by atoms with Crippen molar-refractivity contribution in [1.29, 1.82) is 0 Å². The van der Waals surface area contributed by atoms with E-state index in [1.54, 1.807) is 18.4 Å². The van der Waals surface area contributed by atoms with Gasteiger partial charge in [0, 0.05) is 12.1 Å². The number of rotatable bonds is 3. The van der Waals surface area contributed by atoms with Gasteiger partial charge in [0.05, 0.1) is 17.3 Å². The summed E-state index contributed by atoms with van der Waals surface area (Å²) in [5.41, 5.74) is 2.24. The van der Waals surface area contributed by atoms with Gasteiger partial charge in [-0.05, 0) is 43.2 Å². The van der Waals surface area contributed by atoms with Crippen LogP contribution in [0, 0.1) is 0 Å². The minimum Gasteiger partial charge on any atom is -0.461 e. The van der Waals surface area contributed by atoms with Crippen LogP contribution in [0.4, 0.5) is 5.69 Å². The number of imidazole rings is 1. The third-order valence-electron chi connectivity index (χ3n) is 4.30. The van der Waals surface area contributed by atoms with Crippen molar-refractivity contribution >= 4 is 28.5 Å². The van der Waals surface area contributed by atoms with Gasteiger partial charge < -0.3 is 20.0 Å². The molecule has 7 nitrogen and oxygen atoms in total. The molecule has 128 valence electrons. The number of carbonyl (C=O) groups excluding carboxylic acids is 2. The maximum Gasteiger partial charge on any atom is 0.246 e. The predicted octanol–water partition coefficient (Wildman–Crippen LogP) is 2.82. The minimum atomic E-state index is -0.480. The quantitative estimate of drug-likeness (QED) is 0.683. The van der Waals surface area contributed by atoms with Gasteiger partial charge in [0.2, 0.25) is 11.8 Å². The summed E-state index contributed by atoms with van der Waals surface area (Å²) < 4.78 is 5.34. The molecule has 3 heterocycles. The first-order chi connectivity index (χ1) is 12.2. The van der Waals surface area contributed by atoms with E-state index in [0.717, 1.165) is 23.9 Å². The van der Waals surface area contributed by atoms with Gasteiger partial charge in [-0.3, -0.25) is 9.59 Å². The number of fused-ring (bicyclic) bond motifs is 1. The number of amides is 2. The molecule has 0 aliphatic carbocycles. The molecule has 1 fully saturated rings. The monoisotopic (exact) mass is 338 g/mol. The predicted molar refractivity (Wildman–Crippen MR) is 92.8 cm³/mol. The molecule has 1 aliphatic rings. The molecule has 4 rings (SSSR count). The fourth-order valence-electron chi connectivity index (χ4n) is 3.02. The van der Waals surface area contributed by atoms with Crippen molar-refractivity contribution in [3.8, 4) is 11.6 Å². The molecule has 7 heteroatoms. The van der Waals surface area contributed by atoms with Crippen LogP contribution >= 0.6 is 0 Å². The molecule has 1 saturated heterocycles. The van der Waals surface area contributed by atoms with Gasteiger partial charge in [-0.15, -0.1) is 0 Å². The third kappa shape index (κ3) is 3.26. The number of furan rings is 1. The zero-order chi connectivity index (χ0) is 17.2. The molecule has 1 atom stereocenters. The Bertz CT molecular complexity index is 914. The number of H-pyrrole nitrogens is 1. The Hall–Kier alpha value is -3.09. The Balaban J connectivity index is 1.53. The molecule has 25 heavy (non-hydrogen) atoms. The van der Waals surface area contributed by atoms with Crippen molar-refractivity contribution < 1.29 is 14.0 Å². The molecule has 0 radical (unpaired) electrons. The van der Waals surface area contributed by atoms with E-state index in [4.69, 9.17) is 4.42 Å². The van der Waals surface area contributed by atoms with Gasteiger partial charge in [0.1, 0.15) is 6.04 Å². The third-order valence-corrected chi connectivity index (χ3v) is 4.30. The van der Waals surface area contributed by atoms with Crippen LogP contribution in [0.2, 0.25) is 0 Å². The number of carbonyl (C=O) groups is 2. The summed E-state index contributed by atoms with van der Waals surface area (Å²) >= 11 is 0. The number of nitrogens with zero attached hydrogens (tertiary/aromatic N) is 1. The molecule has 3 N–H and O–H groups in total. The molecule has 2 amide bonds. The minimum absolute atomic E-state index is 0.0650. The fourth-order valence-corrected chi connectivity index (χ4v) is 3.02. The number of benzene rings is 1. The second-order valence-corrected chi connectivity index (χ2v) is 6.15. The number of hydrogen-bond acceptors (Lipinski definition) is 4. The second-order valence-electron chi connectivity index (χ2n) is 6.15. The summed E-state index contributed by atoms with van der Waals surface area (Å²) in [5.74, 6) is 1.03. The first-order valence-corrected chi connectivity index (χ1v) is 8.33. The summed E-state index contributed by atoms with van der Waals surface area (Å²) in [4.78, 5) is 31.7. The van der Waals surface area contributed by atoms with Crippen molar-refractivity contribution in [3.63, 3.8) is 0 Å². The Morgan fingerprint density at radius 2 is 2.20 bits per heavy atom. The van der Waals surface area contributed by atoms with E-state index in [1.807, 2.05) is 18.2 Å². The smallest absolute Gasteiger partial charge is 0.246 e. The number of anilines is 1. The van der Waals surface area contributed by atoms with E-state index in [9.17, 15) is 9.59 Å². The molecule has 0 bridgehead atoms. The van der Waals surface area contributed by atoms with Crippen molar-refractivity contribution in [2.24, 2.45) is 0 Å². The highest BCUT2D eigenvalue weighted by molar-refractivity contribution is 5.98. The van der Waals surface area contributed by atoms with Crippen LogP contribution in [0.25, 0.3) is 22.6 Å². The zero-order valence-corrected chi connectivity index (χ0v) is 13.5. The average Bonchev–Trinajstić information content (AvgIpc) is 3.21. The maximum atomic E-state index is 12.4. The molecule has 0 spiro atoms. The highest BCUT2D eigenvalue weighted by Crippen LogP contribution is 2.23. The molecular weight excluding hydrogens is 320 g/mol. The Morgan fingerprint density at radius 3 is 3.04 bits per heavy atom. The standard InChI is InChI=1S/C18H18N4O3/c23-16-6-2-1-4-13(20-16)18(24)19-11-7-8-12-14(10-11)22-17(21-12)15-5-3-9-25-15/h3,5,7-10,13H,1-2,4,6H2,(H,19,24)(H,20,23)(H,21,22)/t13-/m1/s1. The van der Waals surface area contributed by atoms with Crippen LogP contribution in [0.5, 0.6) is 0 Å². The van der Waals surface area contributed by atoms with Crippen LogP contribution in [-0.2, 0) is 9.59 Å². The second kappa shape index (κ2) is 6.43. The first-order valence-electron chi connectivity index (χ1n) is 8.33. The van der Waals surface area contributed by atoms with E-state index in [2.05, 4.69) is 20.6 Å². The van der Waals surface area contributed by atoms with Crippen LogP contribution in [0.15, 0.2) is 41.0 Å². The van der Waals surface area contributed by atoms with Gasteiger partial charge in [-0.2, -0.15) is 0 Å². The average molecular weight is 338 g/mol. The van der Waals surface area contributed by atoms with Gasteiger partial charge in [-0.1, -0.05) is 6.42 Å². The summed E-state index contributed by atoms with van der Waals surface area (Å²) in [6.45, 7) is 0. The topological polar surface area (TPSA) is 100 Å². The number of aromatic amines is 1. The van der Waals surface area contributed by atoms with Crippen LogP contribution in [0.1, 0.15) is 25.7 Å². The lowest BCUT2D eigenvalue weighted by molar-refractivity contribution is -0.125. The Kier molecular flexibility index (Phi) is 3.97. The van der Waals surface area contributed by atoms with Crippen LogP contribution in [0.3, 0.4) is 0 Å². The lowest BCUT2D eigenvalue weighted by atomic mass is 10.1. The lowest BCUT2D eigenvalue weighted by Gasteiger charge is -2.15. The number of hydrogen-bond donors (Lipinski definition) is 3. The molecule has 2 aromatic heterocycles. The number of aromatic nitrogens is 2. The van der Waals surface area contributed by atoms with Gasteiger partial charge in [-0.25, -0.2) is 4.98 Å². The summed E-state index contributed by atoms with van der Waals surface area (Å²) in [6.07, 6.45) is 4.43. The molecule has 1 aliphatic heterocycles. The summed E-state index contributed by atoms with van der Waals surface area (Å²) in [7, 11) is 0. The van der Waals surface area contributed by atoms with E-state index >= 15 is 0 Å². The highest BCUT2D eigenvalue weighted by Gasteiger charge is 2.23. The van der Waals surface area contributed by atoms with E-state index in [-0.39, 0.29) is 11.8 Å². The van der Waals surface area contributed by atoms with E-state index < -0.39 is 6.04 Å². The van der Waals surface area contributed by atoms with Crippen molar-refractivity contribution in [1.82, 2.24) is 15.3 Å². The molecule has 1 aromatic carbocycles. The molecule has 0 unspecified atom stereocenters. The molecule has 3 aromatic rings. The molecule has 0 saturated carbocycles. The number of nitrogens with one attached hydrogen (secondary N) is 3. The van der Waals surface area contributed by atoms with Crippen molar-refractivity contribution in [2.75, 3.05) is 5.32 Å². The largest absolute Gasteiger partial charge is 0.461 e. The van der Waals surface area contributed by atoms with E-state index in [1.165, 1.54) is 0 Å². The zero-order valence-electron chi connectivity index (χ0n) is 13.5. The van der Waals surface area contributed by atoms with E-state index in [0.29, 0.717) is 30.1 Å². The van der Waals surface area contributed by atoms with Gasteiger partial charge in [0.25, 0.3) is 0 Å². The van der Waals surface area contributed by atoms with Crippen LogP contribution in [-0.4, -0.2) is 27.8 Å². The maximum absolute atomic E-state index is 12.4. The normalized spacial score (nSPS) is 17.9. The first kappa shape index (κ1) is 15.4. The van der Waals surface area contributed by atoms with Gasteiger partial charge >= 0.3 is 0 Å². The van der Waals surface area contributed by atoms with Gasteiger partial charge in [0.15, 0.2) is 11.6 Å². The molecular formula is C18H18N4O3. The Morgan fingerprint density at radius 1 is 1.28 bits per heavy atom. The SMILES string of the molecule is O=C1CCCC[C@H](C(=O)Nc2ccc3nc(-c4ccco4)[nH]c3c2)N1. The fraction of sp³-hybridized carbons (Fsp3) is 0.278. The lowest BCUT2D eigenvalue weighted by Crippen LogP contribution is -2.42. The highest BCUT2D eigenvalue weighted by atomic mass is 16.3.